The number of para-hydroxylation sites is 1. The van der Waals surface area contributed by atoms with E-state index in [1.165, 1.54) is 0 Å². The molecule has 0 aliphatic carbocycles. The largest absolute Gasteiger partial charge is 0.497 e. The van der Waals surface area contributed by atoms with Gasteiger partial charge in [0.15, 0.2) is 11.0 Å². The normalized spacial score (nSPS) is 11.3. The Balaban J connectivity index is 1.64. The maximum Gasteiger partial charge on any atom is 0.342 e. The van der Waals surface area contributed by atoms with Gasteiger partial charge in [-0.1, -0.05) is 48.5 Å². The SMILES string of the molecule is CCn1c(S/C(=C\c2ccccc2OCc2ccccc2)C(=O)O)nnc1-c1cc(OC)cc(OC)c1. The first-order valence-electron chi connectivity index (χ1n) is 11.6. The monoisotopic (exact) mass is 517 g/mol. The molecule has 4 rings (SSSR count). The number of ether oxygens (including phenoxy) is 3. The summed E-state index contributed by atoms with van der Waals surface area (Å²) in [4.78, 5) is 12.3. The molecule has 1 N–H and O–H groups in total. The Bertz CT molecular complexity index is 1380. The quantitative estimate of drug-likeness (QED) is 0.198. The number of aromatic nitrogens is 3. The second kappa shape index (κ2) is 12.1. The molecule has 0 amide bonds. The zero-order valence-electron chi connectivity index (χ0n) is 20.7. The molecule has 37 heavy (non-hydrogen) atoms. The lowest BCUT2D eigenvalue weighted by atomic mass is 10.2. The van der Waals surface area contributed by atoms with Crippen LogP contribution in [-0.4, -0.2) is 40.1 Å². The van der Waals surface area contributed by atoms with E-state index in [-0.39, 0.29) is 4.91 Å². The van der Waals surface area contributed by atoms with Crippen molar-refractivity contribution >= 4 is 23.8 Å². The summed E-state index contributed by atoms with van der Waals surface area (Å²) in [5, 5.41) is 19.1. The molecule has 0 atom stereocenters. The number of hydrogen-bond acceptors (Lipinski definition) is 7. The molecule has 0 fully saturated rings. The predicted molar refractivity (Wildman–Crippen MR) is 143 cm³/mol. The van der Waals surface area contributed by atoms with E-state index >= 15 is 0 Å². The van der Waals surface area contributed by atoms with E-state index in [1.54, 1.807) is 26.4 Å². The lowest BCUT2D eigenvalue weighted by molar-refractivity contribution is -0.131. The minimum Gasteiger partial charge on any atom is -0.497 e. The van der Waals surface area contributed by atoms with Crippen LogP contribution in [0.2, 0.25) is 0 Å². The highest BCUT2D eigenvalue weighted by Gasteiger charge is 2.20. The Hall–Kier alpha value is -4.24. The number of rotatable bonds is 11. The molecular formula is C28H27N3O5S. The smallest absolute Gasteiger partial charge is 0.342 e. The van der Waals surface area contributed by atoms with Gasteiger partial charge < -0.3 is 23.9 Å². The number of aliphatic carboxylic acids is 1. The van der Waals surface area contributed by atoms with Gasteiger partial charge >= 0.3 is 5.97 Å². The summed E-state index contributed by atoms with van der Waals surface area (Å²) in [5.74, 6) is 1.34. The van der Waals surface area contributed by atoms with Gasteiger partial charge in [0, 0.05) is 23.7 Å². The van der Waals surface area contributed by atoms with Crippen LogP contribution < -0.4 is 14.2 Å². The zero-order valence-corrected chi connectivity index (χ0v) is 21.6. The average molecular weight is 518 g/mol. The Morgan fingerprint density at radius 2 is 1.65 bits per heavy atom. The molecule has 0 saturated heterocycles. The van der Waals surface area contributed by atoms with Crippen molar-refractivity contribution in [1.29, 1.82) is 0 Å². The highest BCUT2D eigenvalue weighted by atomic mass is 32.2. The molecule has 190 valence electrons. The van der Waals surface area contributed by atoms with E-state index in [0.29, 0.717) is 46.9 Å². The lowest BCUT2D eigenvalue weighted by Gasteiger charge is -2.11. The number of methoxy groups -OCH3 is 2. The molecule has 1 aromatic heterocycles. The number of benzene rings is 3. The van der Waals surface area contributed by atoms with Crippen molar-refractivity contribution in [2.75, 3.05) is 14.2 Å². The van der Waals surface area contributed by atoms with Crippen LogP contribution in [0, 0.1) is 0 Å². The van der Waals surface area contributed by atoms with Crippen molar-refractivity contribution in [2.45, 2.75) is 25.2 Å². The predicted octanol–water partition coefficient (Wildman–Crippen LogP) is 5.78. The van der Waals surface area contributed by atoms with Gasteiger partial charge in [-0.05, 0) is 48.5 Å². The van der Waals surface area contributed by atoms with Crippen LogP contribution in [-0.2, 0) is 17.9 Å². The third-order valence-electron chi connectivity index (χ3n) is 5.50. The molecule has 1 heterocycles. The van der Waals surface area contributed by atoms with E-state index in [4.69, 9.17) is 14.2 Å². The summed E-state index contributed by atoms with van der Waals surface area (Å²) in [5.41, 5.74) is 2.42. The molecule has 0 bridgehead atoms. The number of hydrogen-bond donors (Lipinski definition) is 1. The summed E-state index contributed by atoms with van der Waals surface area (Å²) in [6.45, 7) is 2.86. The maximum absolute atomic E-state index is 12.2. The van der Waals surface area contributed by atoms with Gasteiger partial charge in [0.2, 0.25) is 0 Å². The molecule has 0 aliphatic heterocycles. The van der Waals surface area contributed by atoms with Crippen molar-refractivity contribution in [2.24, 2.45) is 0 Å². The van der Waals surface area contributed by atoms with E-state index < -0.39 is 5.97 Å². The van der Waals surface area contributed by atoms with Gasteiger partial charge in [-0.15, -0.1) is 10.2 Å². The van der Waals surface area contributed by atoms with Gasteiger partial charge in [0.05, 0.1) is 14.2 Å². The Kier molecular flexibility index (Phi) is 8.48. The van der Waals surface area contributed by atoms with E-state index in [0.717, 1.165) is 22.9 Å². The summed E-state index contributed by atoms with van der Waals surface area (Å²) >= 11 is 1.03. The Morgan fingerprint density at radius 1 is 0.973 bits per heavy atom. The average Bonchev–Trinajstić information content (AvgIpc) is 3.34. The molecule has 0 spiro atoms. The minimum absolute atomic E-state index is 0.0904. The van der Waals surface area contributed by atoms with E-state index in [2.05, 4.69) is 10.2 Å². The van der Waals surface area contributed by atoms with Gasteiger partial charge in [-0.3, -0.25) is 0 Å². The van der Waals surface area contributed by atoms with Crippen molar-refractivity contribution in [3.05, 3.63) is 88.8 Å². The van der Waals surface area contributed by atoms with Crippen LogP contribution in [0.25, 0.3) is 17.5 Å². The van der Waals surface area contributed by atoms with Crippen molar-refractivity contribution < 1.29 is 24.1 Å². The molecule has 4 aromatic rings. The van der Waals surface area contributed by atoms with Crippen LogP contribution in [0.15, 0.2) is 82.9 Å². The minimum atomic E-state index is -1.07. The molecule has 8 nitrogen and oxygen atoms in total. The van der Waals surface area contributed by atoms with Crippen LogP contribution in [0.4, 0.5) is 0 Å². The Labute approximate surface area is 219 Å². The fourth-order valence-electron chi connectivity index (χ4n) is 3.64. The molecule has 0 unspecified atom stereocenters. The number of thioether (sulfide) groups is 1. The number of carboxylic acids is 1. The summed E-state index contributed by atoms with van der Waals surface area (Å²) in [6.07, 6.45) is 1.59. The van der Waals surface area contributed by atoms with E-state index in [9.17, 15) is 9.90 Å². The summed E-state index contributed by atoms with van der Waals surface area (Å²) in [7, 11) is 3.16. The molecule has 0 saturated carbocycles. The van der Waals surface area contributed by atoms with Gasteiger partial charge in [-0.25, -0.2) is 4.79 Å². The van der Waals surface area contributed by atoms with E-state index in [1.807, 2.05) is 78.2 Å². The first-order chi connectivity index (χ1) is 18.0. The molecule has 0 aliphatic rings. The second-order valence-electron chi connectivity index (χ2n) is 7.88. The fraction of sp³-hybridized carbons (Fsp3) is 0.179. The highest BCUT2D eigenvalue weighted by Crippen LogP contribution is 2.34. The van der Waals surface area contributed by atoms with Gasteiger partial charge in [0.1, 0.15) is 28.8 Å². The first-order valence-corrected chi connectivity index (χ1v) is 12.4. The summed E-state index contributed by atoms with van der Waals surface area (Å²) in [6, 6.07) is 22.6. The van der Waals surface area contributed by atoms with Gasteiger partial charge in [0.25, 0.3) is 0 Å². The number of nitrogens with zero attached hydrogens (tertiary/aromatic N) is 3. The fourth-order valence-corrected chi connectivity index (χ4v) is 4.52. The van der Waals surface area contributed by atoms with Gasteiger partial charge in [-0.2, -0.15) is 0 Å². The molecule has 0 radical (unpaired) electrons. The zero-order chi connectivity index (χ0) is 26.2. The highest BCUT2D eigenvalue weighted by molar-refractivity contribution is 8.04. The maximum atomic E-state index is 12.2. The van der Waals surface area contributed by atoms with Crippen molar-refractivity contribution in [3.8, 4) is 28.6 Å². The molecular weight excluding hydrogens is 490 g/mol. The standard InChI is InChI=1S/C28H27N3O5S/c1-4-31-26(21-14-22(34-2)17-23(15-21)35-3)29-30-28(31)37-25(27(32)33)16-20-12-8-9-13-24(20)36-18-19-10-6-5-7-11-19/h5-17H,4,18H2,1-3H3,(H,32,33)/b25-16-. The first kappa shape index (κ1) is 25.8. The number of carboxylic acid groups (broad SMARTS) is 1. The third-order valence-corrected chi connectivity index (χ3v) is 6.49. The van der Waals surface area contributed by atoms with Crippen molar-refractivity contribution in [1.82, 2.24) is 14.8 Å². The second-order valence-corrected chi connectivity index (χ2v) is 8.89. The Morgan fingerprint density at radius 3 is 2.30 bits per heavy atom. The van der Waals surface area contributed by atoms with Crippen LogP contribution >= 0.6 is 11.8 Å². The van der Waals surface area contributed by atoms with Crippen LogP contribution in [0.3, 0.4) is 0 Å². The lowest BCUT2D eigenvalue weighted by Crippen LogP contribution is -2.03. The van der Waals surface area contributed by atoms with Crippen LogP contribution in [0.1, 0.15) is 18.1 Å². The number of carbonyl (C=O) groups is 1. The molecule has 9 heteroatoms. The van der Waals surface area contributed by atoms with Crippen LogP contribution in [0.5, 0.6) is 17.2 Å². The van der Waals surface area contributed by atoms with Crippen molar-refractivity contribution in [3.63, 3.8) is 0 Å². The molecule has 3 aromatic carbocycles. The summed E-state index contributed by atoms with van der Waals surface area (Å²) < 4.78 is 18.6. The topological polar surface area (TPSA) is 95.7 Å². The third kappa shape index (κ3) is 6.31.